The number of ether oxygens (including phenoxy) is 7. The van der Waals surface area contributed by atoms with Gasteiger partial charge in [-0.1, -0.05) is 121 Å². The SMILES string of the molecule is Cc1ccc2c(Oc3ccc4c(Oc5cccc6cc(OC(=O)c7cccc(C(=O)Oc8ccc9c(Oc%10ccc%11c(Oc%12cccc%13cc(OC(=O)c%14ccccc%14)ccc%12%13)cccc%11c%10)cccc9c8)c7)ccc56)cccc4c3)cccc2c1. The Kier molecular flexibility index (Phi) is 13.7. The molecule has 14 aromatic carbocycles. The molecule has 14 aromatic rings. The molecule has 0 aliphatic rings. The lowest BCUT2D eigenvalue weighted by atomic mass is 10.1. The van der Waals surface area contributed by atoms with E-state index >= 15 is 0 Å². The van der Waals surface area contributed by atoms with Gasteiger partial charge in [0.1, 0.15) is 63.2 Å². The first-order chi connectivity index (χ1) is 42.2. The minimum absolute atomic E-state index is 0.175. The van der Waals surface area contributed by atoms with E-state index in [-0.39, 0.29) is 11.1 Å². The van der Waals surface area contributed by atoms with Crippen LogP contribution in [0.1, 0.15) is 36.6 Å². The van der Waals surface area contributed by atoms with Crippen molar-refractivity contribution in [3.8, 4) is 63.2 Å². The highest BCUT2D eigenvalue weighted by Gasteiger charge is 2.18. The van der Waals surface area contributed by atoms with E-state index in [0.717, 1.165) is 76.1 Å². The van der Waals surface area contributed by atoms with Crippen LogP contribution in [0.5, 0.6) is 63.2 Å². The fraction of sp³-hybridized carbons (Fsp3) is 0.0132. The summed E-state index contributed by atoms with van der Waals surface area (Å²) >= 11 is 0. The average Bonchev–Trinajstić information content (AvgIpc) is 3.69. The van der Waals surface area contributed by atoms with Crippen LogP contribution in [0.3, 0.4) is 0 Å². The first kappa shape index (κ1) is 52.3. The lowest BCUT2D eigenvalue weighted by molar-refractivity contribution is 0.0721. The molecule has 0 aliphatic heterocycles. The van der Waals surface area contributed by atoms with Crippen molar-refractivity contribution < 1.29 is 47.5 Å². The largest absolute Gasteiger partial charge is 0.457 e. The zero-order valence-corrected chi connectivity index (χ0v) is 46.1. The molecule has 14 rings (SSSR count). The highest BCUT2D eigenvalue weighted by molar-refractivity contribution is 6.00. The van der Waals surface area contributed by atoms with Crippen molar-refractivity contribution in [3.05, 3.63) is 295 Å². The molecule has 0 unspecified atom stereocenters. The summed E-state index contributed by atoms with van der Waals surface area (Å²) in [5.74, 6) is 4.73. The van der Waals surface area contributed by atoms with E-state index in [4.69, 9.17) is 33.2 Å². The average molecular weight is 1120 g/mol. The Morgan fingerprint density at radius 2 is 0.512 bits per heavy atom. The van der Waals surface area contributed by atoms with Crippen molar-refractivity contribution in [2.24, 2.45) is 0 Å². The Bertz CT molecular complexity index is 5010. The molecule has 10 nitrogen and oxygen atoms in total. The van der Waals surface area contributed by atoms with E-state index in [1.165, 1.54) is 11.6 Å². The topological polar surface area (TPSA) is 116 Å². The fourth-order valence-corrected chi connectivity index (χ4v) is 10.7. The van der Waals surface area contributed by atoms with Crippen LogP contribution in [-0.2, 0) is 0 Å². The van der Waals surface area contributed by atoms with Crippen LogP contribution >= 0.6 is 0 Å². The molecule has 86 heavy (non-hydrogen) atoms. The number of carbonyl (C=O) groups excluding carboxylic acids is 3. The third kappa shape index (κ3) is 10.8. The maximum atomic E-state index is 13.6. The van der Waals surface area contributed by atoms with Gasteiger partial charge in [-0.3, -0.25) is 0 Å². The van der Waals surface area contributed by atoms with Crippen molar-refractivity contribution in [1.82, 2.24) is 0 Å². The van der Waals surface area contributed by atoms with E-state index < -0.39 is 17.9 Å². The highest BCUT2D eigenvalue weighted by Crippen LogP contribution is 2.41. The number of rotatable bonds is 14. The molecule has 412 valence electrons. The van der Waals surface area contributed by atoms with Gasteiger partial charge >= 0.3 is 17.9 Å². The summed E-state index contributed by atoms with van der Waals surface area (Å²) in [6.45, 7) is 2.08. The summed E-state index contributed by atoms with van der Waals surface area (Å²) in [5.41, 5.74) is 2.02. The molecule has 0 amide bonds. The molecule has 0 bridgehead atoms. The Hall–Kier alpha value is -11.8. The van der Waals surface area contributed by atoms with E-state index in [1.807, 2.05) is 170 Å². The Labute approximate surface area is 493 Å². The van der Waals surface area contributed by atoms with Crippen molar-refractivity contribution in [3.63, 3.8) is 0 Å². The van der Waals surface area contributed by atoms with Gasteiger partial charge in [0, 0.05) is 32.3 Å². The smallest absolute Gasteiger partial charge is 0.343 e. The molecule has 0 saturated heterocycles. The summed E-state index contributed by atoms with van der Waals surface area (Å²) in [5, 5.41) is 10.8. The van der Waals surface area contributed by atoms with Crippen LogP contribution in [0.15, 0.2) is 273 Å². The van der Waals surface area contributed by atoms with Gasteiger partial charge in [0.25, 0.3) is 0 Å². The highest BCUT2D eigenvalue weighted by atomic mass is 16.5. The zero-order valence-electron chi connectivity index (χ0n) is 46.1. The number of esters is 3. The molecule has 0 saturated carbocycles. The predicted molar refractivity (Wildman–Crippen MR) is 336 cm³/mol. The minimum atomic E-state index is -0.642. The number of hydrogen-bond acceptors (Lipinski definition) is 10. The van der Waals surface area contributed by atoms with Gasteiger partial charge in [0.2, 0.25) is 0 Å². The summed E-state index contributed by atoms with van der Waals surface area (Å²) in [6, 6.07) is 84.4. The van der Waals surface area contributed by atoms with E-state index in [2.05, 4.69) is 31.2 Å². The quantitative estimate of drug-likeness (QED) is 0.0770. The van der Waals surface area contributed by atoms with Crippen LogP contribution in [0.2, 0.25) is 0 Å². The second kappa shape index (κ2) is 22.5. The van der Waals surface area contributed by atoms with Gasteiger partial charge < -0.3 is 33.2 Å². The van der Waals surface area contributed by atoms with Crippen LogP contribution in [0, 0.1) is 6.92 Å². The number of hydrogen-bond donors (Lipinski definition) is 0. The lowest BCUT2D eigenvalue weighted by Crippen LogP contribution is -2.12. The molecule has 0 aromatic heterocycles. The molecule has 0 radical (unpaired) electrons. The molecular formula is C76H48O10. The first-order valence-corrected chi connectivity index (χ1v) is 27.8. The maximum absolute atomic E-state index is 13.6. The lowest BCUT2D eigenvalue weighted by Gasteiger charge is -2.14. The van der Waals surface area contributed by atoms with Crippen molar-refractivity contribution in [2.45, 2.75) is 6.92 Å². The van der Waals surface area contributed by atoms with Crippen molar-refractivity contribution in [1.29, 1.82) is 0 Å². The number of carbonyl (C=O) groups is 3. The normalized spacial score (nSPS) is 11.2. The van der Waals surface area contributed by atoms with E-state index in [9.17, 15) is 14.4 Å². The van der Waals surface area contributed by atoms with Gasteiger partial charge in [-0.2, -0.15) is 0 Å². The number of aryl methyl sites for hydroxylation is 1. The number of benzene rings is 14. The van der Waals surface area contributed by atoms with Crippen molar-refractivity contribution in [2.75, 3.05) is 0 Å². The standard InChI is InChI=1S/C76H48O10/c1-47-28-34-62-49(40-47)14-6-22-68(62)80-57-29-35-64-50(42-57)16-8-24-70(64)86-73-27-11-19-54-46-61(33-39-67(54)73)84-76(79)56-21-5-20-55(41-56)75(78)83-60-31-37-63-52(44-60)15-7-23-69(63)81-58-30-36-65-51(43-58)17-9-25-71(65)85-72-26-10-18-53-45-59(32-38-66(53)72)82-74(77)48-12-3-2-4-13-48/h2-46H,1H3. The zero-order chi connectivity index (χ0) is 58.1. The summed E-state index contributed by atoms with van der Waals surface area (Å²) in [4.78, 5) is 40.0. The molecule has 0 fully saturated rings. The predicted octanol–water partition coefficient (Wildman–Crippen LogP) is 19.7. The fourth-order valence-electron chi connectivity index (χ4n) is 10.7. The van der Waals surface area contributed by atoms with Gasteiger partial charge in [-0.05, 0) is 197 Å². The van der Waals surface area contributed by atoms with Gasteiger partial charge in [-0.25, -0.2) is 14.4 Å². The van der Waals surface area contributed by atoms with E-state index in [0.29, 0.717) is 57.3 Å². The summed E-state index contributed by atoms with van der Waals surface area (Å²) in [7, 11) is 0. The Balaban J connectivity index is 0.618. The molecule has 0 spiro atoms. The van der Waals surface area contributed by atoms with Crippen LogP contribution < -0.4 is 33.2 Å². The van der Waals surface area contributed by atoms with Gasteiger partial charge in [0.05, 0.1) is 16.7 Å². The minimum Gasteiger partial charge on any atom is -0.457 e. The third-order valence-electron chi connectivity index (χ3n) is 14.9. The molecule has 0 N–H and O–H groups in total. The molecule has 10 heteroatoms. The monoisotopic (exact) mass is 1120 g/mol. The Morgan fingerprint density at radius 3 is 0.884 bits per heavy atom. The molecule has 0 heterocycles. The summed E-state index contributed by atoms with van der Waals surface area (Å²) in [6.07, 6.45) is 0. The number of fused-ring (bicyclic) bond motifs is 6. The van der Waals surface area contributed by atoms with Crippen LogP contribution in [-0.4, -0.2) is 17.9 Å². The summed E-state index contributed by atoms with van der Waals surface area (Å²) < 4.78 is 43.5. The first-order valence-electron chi connectivity index (χ1n) is 27.8. The second-order valence-corrected chi connectivity index (χ2v) is 20.7. The van der Waals surface area contributed by atoms with Gasteiger partial charge in [0.15, 0.2) is 0 Å². The van der Waals surface area contributed by atoms with E-state index in [1.54, 1.807) is 72.8 Å². The second-order valence-electron chi connectivity index (χ2n) is 20.7. The van der Waals surface area contributed by atoms with Crippen LogP contribution in [0.25, 0.3) is 64.6 Å². The molecular weight excluding hydrogens is 1070 g/mol. The molecule has 0 aliphatic carbocycles. The maximum Gasteiger partial charge on any atom is 0.343 e. The molecule has 0 atom stereocenters. The van der Waals surface area contributed by atoms with Crippen LogP contribution in [0.4, 0.5) is 0 Å². The van der Waals surface area contributed by atoms with Crippen molar-refractivity contribution >= 4 is 82.5 Å². The third-order valence-corrected chi connectivity index (χ3v) is 14.9. The van der Waals surface area contributed by atoms with Gasteiger partial charge in [-0.15, -0.1) is 0 Å². The Morgan fingerprint density at radius 1 is 0.233 bits per heavy atom.